The number of benzene rings is 2. The number of nitrogens with one attached hydrogen (secondary N) is 2. The van der Waals surface area contributed by atoms with Crippen LogP contribution in [0.4, 0.5) is 17.2 Å². The Hall–Kier alpha value is -3.34. The standard InChI is InChI=1S/C20H19N3O2/c1-14-4-3-5-16(12-14)22-19-11-8-17(13-21-19)23-20(24)15-6-9-18(25-2)10-7-15/h3-13H,1-2H3,(H,21,22)(H,23,24). The van der Waals surface area contributed by atoms with Gasteiger partial charge in [-0.05, 0) is 61.0 Å². The van der Waals surface area contributed by atoms with Crippen LogP contribution in [-0.4, -0.2) is 18.0 Å². The van der Waals surface area contributed by atoms with Crippen molar-refractivity contribution in [1.82, 2.24) is 4.98 Å². The maximum absolute atomic E-state index is 12.2. The van der Waals surface area contributed by atoms with Crippen molar-refractivity contribution >= 4 is 23.1 Å². The number of hydrogen-bond donors (Lipinski definition) is 2. The third-order valence-electron chi connectivity index (χ3n) is 3.66. The van der Waals surface area contributed by atoms with Crippen LogP contribution in [0.3, 0.4) is 0 Å². The molecule has 3 rings (SSSR count). The quantitative estimate of drug-likeness (QED) is 0.727. The molecule has 5 heteroatoms. The lowest BCUT2D eigenvalue weighted by Gasteiger charge is -2.09. The number of pyridine rings is 1. The summed E-state index contributed by atoms with van der Waals surface area (Å²) in [6, 6.07) is 18.6. The van der Waals surface area contributed by atoms with Crippen LogP contribution >= 0.6 is 0 Å². The van der Waals surface area contributed by atoms with Crippen LogP contribution in [0.5, 0.6) is 5.75 Å². The maximum Gasteiger partial charge on any atom is 0.255 e. The van der Waals surface area contributed by atoms with Crippen LogP contribution in [0.15, 0.2) is 66.9 Å². The van der Waals surface area contributed by atoms with Gasteiger partial charge in [-0.15, -0.1) is 0 Å². The number of ether oxygens (including phenoxy) is 1. The van der Waals surface area contributed by atoms with Crippen molar-refractivity contribution in [2.45, 2.75) is 6.92 Å². The Balaban J connectivity index is 1.64. The predicted octanol–water partition coefficient (Wildman–Crippen LogP) is 4.39. The number of anilines is 3. The molecule has 126 valence electrons. The van der Waals surface area contributed by atoms with Crippen molar-refractivity contribution in [1.29, 1.82) is 0 Å². The highest BCUT2D eigenvalue weighted by Crippen LogP contribution is 2.18. The normalized spacial score (nSPS) is 10.2. The summed E-state index contributed by atoms with van der Waals surface area (Å²) < 4.78 is 5.09. The van der Waals surface area contributed by atoms with E-state index in [1.165, 1.54) is 5.56 Å². The van der Waals surface area contributed by atoms with Crippen molar-refractivity contribution in [3.05, 3.63) is 78.0 Å². The zero-order chi connectivity index (χ0) is 17.6. The Bertz CT molecular complexity index is 859. The number of rotatable bonds is 5. The Kier molecular flexibility index (Phi) is 4.95. The van der Waals surface area contributed by atoms with Gasteiger partial charge in [-0.25, -0.2) is 4.98 Å². The van der Waals surface area contributed by atoms with Gasteiger partial charge in [-0.3, -0.25) is 4.79 Å². The number of amides is 1. The summed E-state index contributed by atoms with van der Waals surface area (Å²) in [4.78, 5) is 16.6. The molecule has 0 aliphatic heterocycles. The van der Waals surface area contributed by atoms with Crippen molar-refractivity contribution in [2.24, 2.45) is 0 Å². The zero-order valence-electron chi connectivity index (χ0n) is 14.1. The minimum atomic E-state index is -0.191. The fraction of sp³-hybridized carbons (Fsp3) is 0.100. The molecule has 0 saturated heterocycles. The first kappa shape index (κ1) is 16.5. The van der Waals surface area contributed by atoms with E-state index in [1.54, 1.807) is 37.6 Å². The molecule has 0 aliphatic carbocycles. The summed E-state index contributed by atoms with van der Waals surface area (Å²) in [5.74, 6) is 1.24. The summed E-state index contributed by atoms with van der Waals surface area (Å²) in [6.07, 6.45) is 1.62. The van der Waals surface area contributed by atoms with Crippen LogP contribution < -0.4 is 15.4 Å². The average molecular weight is 333 g/mol. The highest BCUT2D eigenvalue weighted by Gasteiger charge is 2.06. The number of carbonyl (C=O) groups excluding carboxylic acids is 1. The summed E-state index contributed by atoms with van der Waals surface area (Å²) >= 11 is 0. The van der Waals surface area contributed by atoms with Gasteiger partial charge >= 0.3 is 0 Å². The molecule has 25 heavy (non-hydrogen) atoms. The van der Waals surface area contributed by atoms with Gasteiger partial charge < -0.3 is 15.4 Å². The fourth-order valence-corrected chi connectivity index (χ4v) is 2.36. The second-order valence-corrected chi connectivity index (χ2v) is 5.61. The monoisotopic (exact) mass is 333 g/mol. The molecular weight excluding hydrogens is 314 g/mol. The number of aromatic nitrogens is 1. The van der Waals surface area contributed by atoms with E-state index in [-0.39, 0.29) is 5.91 Å². The maximum atomic E-state index is 12.2. The van der Waals surface area contributed by atoms with Gasteiger partial charge in [-0.2, -0.15) is 0 Å². The molecule has 0 aliphatic rings. The van der Waals surface area contributed by atoms with E-state index < -0.39 is 0 Å². The third kappa shape index (κ3) is 4.35. The first-order valence-electron chi connectivity index (χ1n) is 7.89. The third-order valence-corrected chi connectivity index (χ3v) is 3.66. The molecule has 0 saturated carbocycles. The highest BCUT2D eigenvalue weighted by atomic mass is 16.5. The van der Waals surface area contributed by atoms with E-state index in [0.717, 1.165) is 5.69 Å². The Labute approximate surface area is 146 Å². The average Bonchev–Trinajstić information content (AvgIpc) is 2.63. The smallest absolute Gasteiger partial charge is 0.255 e. The number of aryl methyl sites for hydroxylation is 1. The molecule has 0 spiro atoms. The van der Waals surface area contributed by atoms with E-state index in [9.17, 15) is 4.79 Å². The molecule has 2 aromatic carbocycles. The van der Waals surface area contributed by atoms with Crippen LogP contribution in [0.1, 0.15) is 15.9 Å². The summed E-state index contributed by atoms with van der Waals surface area (Å²) in [7, 11) is 1.59. The first-order valence-corrected chi connectivity index (χ1v) is 7.89. The molecular formula is C20H19N3O2. The molecule has 0 fully saturated rings. The Morgan fingerprint density at radius 2 is 1.80 bits per heavy atom. The van der Waals surface area contributed by atoms with Crippen molar-refractivity contribution in [3.63, 3.8) is 0 Å². The first-order chi connectivity index (χ1) is 12.1. The number of carbonyl (C=O) groups is 1. The number of nitrogens with zero attached hydrogens (tertiary/aromatic N) is 1. The highest BCUT2D eigenvalue weighted by molar-refractivity contribution is 6.04. The van der Waals surface area contributed by atoms with E-state index in [0.29, 0.717) is 22.8 Å². The van der Waals surface area contributed by atoms with Crippen molar-refractivity contribution < 1.29 is 9.53 Å². The zero-order valence-corrected chi connectivity index (χ0v) is 14.1. The van der Waals surface area contributed by atoms with E-state index in [1.807, 2.05) is 43.3 Å². The SMILES string of the molecule is COc1ccc(C(=O)Nc2ccc(Nc3cccc(C)c3)nc2)cc1. The molecule has 0 bridgehead atoms. The van der Waals surface area contributed by atoms with Gasteiger partial charge in [0.25, 0.3) is 5.91 Å². The van der Waals surface area contributed by atoms with Crippen LogP contribution in [0.25, 0.3) is 0 Å². The molecule has 5 nitrogen and oxygen atoms in total. The van der Waals surface area contributed by atoms with Crippen LogP contribution in [0, 0.1) is 6.92 Å². The van der Waals surface area contributed by atoms with Crippen molar-refractivity contribution in [2.75, 3.05) is 17.7 Å². The molecule has 0 atom stereocenters. The molecule has 3 aromatic rings. The molecule has 2 N–H and O–H groups in total. The molecule has 0 unspecified atom stereocenters. The lowest BCUT2D eigenvalue weighted by molar-refractivity contribution is 0.102. The van der Waals surface area contributed by atoms with E-state index in [2.05, 4.69) is 15.6 Å². The largest absolute Gasteiger partial charge is 0.497 e. The van der Waals surface area contributed by atoms with Gasteiger partial charge in [0, 0.05) is 11.3 Å². The van der Waals surface area contributed by atoms with Gasteiger partial charge in [-0.1, -0.05) is 12.1 Å². The topological polar surface area (TPSA) is 63.2 Å². The molecule has 1 heterocycles. The predicted molar refractivity (Wildman–Crippen MR) is 99.6 cm³/mol. The van der Waals surface area contributed by atoms with Gasteiger partial charge in [0.2, 0.25) is 0 Å². The van der Waals surface area contributed by atoms with Gasteiger partial charge in [0.1, 0.15) is 11.6 Å². The summed E-state index contributed by atoms with van der Waals surface area (Å²) in [6.45, 7) is 2.04. The van der Waals surface area contributed by atoms with Crippen LogP contribution in [-0.2, 0) is 0 Å². The lowest BCUT2D eigenvalue weighted by Crippen LogP contribution is -2.12. The minimum Gasteiger partial charge on any atom is -0.497 e. The van der Waals surface area contributed by atoms with Gasteiger partial charge in [0.15, 0.2) is 0 Å². The summed E-state index contributed by atoms with van der Waals surface area (Å²) in [5, 5.41) is 6.06. The fourth-order valence-electron chi connectivity index (χ4n) is 2.36. The van der Waals surface area contributed by atoms with Gasteiger partial charge in [0.05, 0.1) is 19.0 Å². The number of hydrogen-bond acceptors (Lipinski definition) is 4. The lowest BCUT2D eigenvalue weighted by atomic mass is 10.2. The molecule has 1 aromatic heterocycles. The van der Waals surface area contributed by atoms with E-state index >= 15 is 0 Å². The van der Waals surface area contributed by atoms with Crippen LogP contribution in [0.2, 0.25) is 0 Å². The second kappa shape index (κ2) is 7.49. The minimum absolute atomic E-state index is 0.191. The second-order valence-electron chi connectivity index (χ2n) is 5.61. The Morgan fingerprint density at radius 3 is 2.44 bits per heavy atom. The summed E-state index contributed by atoms with van der Waals surface area (Å²) in [5.41, 5.74) is 3.34. The van der Waals surface area contributed by atoms with E-state index in [4.69, 9.17) is 4.74 Å². The number of methoxy groups -OCH3 is 1. The molecule has 0 radical (unpaired) electrons. The Morgan fingerprint density at radius 1 is 1.00 bits per heavy atom. The van der Waals surface area contributed by atoms with Crippen molar-refractivity contribution in [3.8, 4) is 5.75 Å². The molecule has 1 amide bonds.